The number of nitrogens with two attached hydrogens (primary N) is 1. The van der Waals surface area contributed by atoms with Crippen molar-refractivity contribution in [3.8, 4) is 0 Å². The molecule has 1 aromatic carbocycles. The number of nitrogens with one attached hydrogen (secondary N) is 1. The lowest BCUT2D eigenvalue weighted by Gasteiger charge is -2.20. The van der Waals surface area contributed by atoms with E-state index in [4.69, 9.17) is 10.5 Å². The molecular formula is C15H23BrN2O2. The quantitative estimate of drug-likeness (QED) is 0.792. The minimum absolute atomic E-state index is 0.447. The molecule has 112 valence electrons. The summed E-state index contributed by atoms with van der Waals surface area (Å²) in [5.41, 5.74) is 6.89. The number of benzene rings is 1. The number of amides is 1. The lowest BCUT2D eigenvalue weighted by molar-refractivity contribution is 0.0636. The monoisotopic (exact) mass is 342 g/mol. The Morgan fingerprint density at radius 1 is 1.35 bits per heavy atom. The molecule has 0 spiro atoms. The molecule has 3 N–H and O–H groups in total. The van der Waals surface area contributed by atoms with Gasteiger partial charge < -0.3 is 10.5 Å². The highest BCUT2D eigenvalue weighted by molar-refractivity contribution is 9.10. The van der Waals surface area contributed by atoms with Crippen molar-refractivity contribution in [3.63, 3.8) is 0 Å². The number of unbranched alkanes of at least 4 members (excludes halogenated alkanes) is 1. The maximum atomic E-state index is 11.8. The molecule has 0 saturated heterocycles. The highest BCUT2D eigenvalue weighted by atomic mass is 79.9. The highest BCUT2D eigenvalue weighted by Crippen LogP contribution is 2.25. The summed E-state index contributed by atoms with van der Waals surface area (Å²) < 4.78 is 6.09. The zero-order chi connectivity index (χ0) is 15.2. The molecule has 0 bridgehead atoms. The summed E-state index contributed by atoms with van der Waals surface area (Å²) in [5, 5.41) is 2.76. The third-order valence-electron chi connectivity index (χ3n) is 2.59. The summed E-state index contributed by atoms with van der Waals surface area (Å²) in [7, 11) is 0. The first-order valence-electron chi connectivity index (χ1n) is 6.80. The molecule has 1 rings (SSSR count). The second kappa shape index (κ2) is 7.64. The fourth-order valence-corrected chi connectivity index (χ4v) is 2.06. The van der Waals surface area contributed by atoms with Crippen LogP contribution in [0.3, 0.4) is 0 Å². The van der Waals surface area contributed by atoms with Gasteiger partial charge in [0.2, 0.25) is 0 Å². The van der Waals surface area contributed by atoms with Crippen molar-refractivity contribution in [1.29, 1.82) is 0 Å². The number of ether oxygens (including phenoxy) is 1. The van der Waals surface area contributed by atoms with Crippen LogP contribution in [0.1, 0.15) is 39.2 Å². The van der Waals surface area contributed by atoms with Crippen LogP contribution in [0, 0.1) is 0 Å². The van der Waals surface area contributed by atoms with Gasteiger partial charge in [-0.3, -0.25) is 5.32 Å². The van der Waals surface area contributed by atoms with Crippen molar-refractivity contribution in [2.24, 2.45) is 5.73 Å². The Hall–Kier alpha value is -1.07. The third-order valence-corrected chi connectivity index (χ3v) is 3.28. The van der Waals surface area contributed by atoms with E-state index in [0.29, 0.717) is 6.54 Å². The molecule has 0 radical (unpaired) electrons. The average Bonchev–Trinajstić information content (AvgIpc) is 2.31. The van der Waals surface area contributed by atoms with Gasteiger partial charge in [0.1, 0.15) is 5.60 Å². The molecule has 0 heterocycles. The number of carbonyl (C=O) groups is 1. The van der Waals surface area contributed by atoms with Crippen LogP contribution in [0.15, 0.2) is 22.7 Å². The normalized spacial score (nSPS) is 11.2. The van der Waals surface area contributed by atoms with Crippen molar-refractivity contribution < 1.29 is 9.53 Å². The standard InChI is InChI=1S/C15H23BrN2O2/c1-15(2,3)20-14(19)18-13-10-11(6-4-5-9-17)7-8-12(13)16/h7-8,10H,4-6,9,17H2,1-3H3,(H,18,19). The van der Waals surface area contributed by atoms with Crippen LogP contribution in [0.4, 0.5) is 10.5 Å². The van der Waals surface area contributed by atoms with Crippen LogP contribution in [0.25, 0.3) is 0 Å². The van der Waals surface area contributed by atoms with Gasteiger partial charge in [0.05, 0.1) is 5.69 Å². The highest BCUT2D eigenvalue weighted by Gasteiger charge is 2.17. The van der Waals surface area contributed by atoms with Crippen molar-refractivity contribution >= 4 is 27.7 Å². The van der Waals surface area contributed by atoms with Gasteiger partial charge in [0, 0.05) is 4.47 Å². The van der Waals surface area contributed by atoms with Gasteiger partial charge in [-0.15, -0.1) is 0 Å². The van der Waals surface area contributed by atoms with Gasteiger partial charge in [-0.05, 0) is 80.2 Å². The zero-order valence-corrected chi connectivity index (χ0v) is 13.9. The number of halogens is 1. The molecule has 20 heavy (non-hydrogen) atoms. The molecule has 0 fully saturated rings. The van der Waals surface area contributed by atoms with Crippen molar-refractivity contribution in [1.82, 2.24) is 0 Å². The Labute approximate surface area is 129 Å². The van der Waals surface area contributed by atoms with Gasteiger partial charge in [0.15, 0.2) is 0 Å². The summed E-state index contributed by atoms with van der Waals surface area (Å²) in [4.78, 5) is 11.8. The first-order chi connectivity index (χ1) is 9.31. The molecule has 1 aromatic rings. The van der Waals surface area contributed by atoms with Crippen LogP contribution in [0.2, 0.25) is 0 Å². The SMILES string of the molecule is CC(C)(C)OC(=O)Nc1cc(CCCCN)ccc1Br. The number of rotatable bonds is 5. The van der Waals surface area contributed by atoms with Crippen LogP contribution in [0.5, 0.6) is 0 Å². The summed E-state index contributed by atoms with van der Waals surface area (Å²) in [5.74, 6) is 0. The molecule has 1 amide bonds. The van der Waals surface area contributed by atoms with Crippen LogP contribution in [-0.4, -0.2) is 18.2 Å². The van der Waals surface area contributed by atoms with E-state index in [9.17, 15) is 4.79 Å². The summed E-state index contributed by atoms with van der Waals surface area (Å²) in [6.45, 7) is 6.22. The van der Waals surface area contributed by atoms with Gasteiger partial charge in [-0.25, -0.2) is 4.79 Å². The Bertz CT molecular complexity index is 456. The van der Waals surface area contributed by atoms with E-state index in [0.717, 1.165) is 29.4 Å². The Morgan fingerprint density at radius 2 is 2.05 bits per heavy atom. The number of hydrogen-bond acceptors (Lipinski definition) is 3. The van der Waals surface area contributed by atoms with Gasteiger partial charge in [-0.1, -0.05) is 6.07 Å². The predicted octanol–water partition coefficient (Wildman–Crippen LogP) is 4.08. The second-order valence-corrected chi connectivity index (χ2v) is 6.54. The molecule has 4 nitrogen and oxygen atoms in total. The Balaban J connectivity index is 2.68. The molecule has 0 saturated carbocycles. The molecule has 0 aliphatic heterocycles. The van der Waals surface area contributed by atoms with E-state index in [2.05, 4.69) is 21.2 Å². The van der Waals surface area contributed by atoms with Crippen molar-refractivity contribution in [3.05, 3.63) is 28.2 Å². The first kappa shape index (κ1) is 17.0. The molecule has 0 aliphatic rings. The fourth-order valence-electron chi connectivity index (χ4n) is 1.71. The smallest absolute Gasteiger partial charge is 0.412 e. The third kappa shape index (κ3) is 6.39. The lowest BCUT2D eigenvalue weighted by atomic mass is 10.1. The summed E-state index contributed by atoms with van der Waals surface area (Å²) >= 11 is 3.43. The molecule has 5 heteroatoms. The summed E-state index contributed by atoms with van der Waals surface area (Å²) in [6, 6.07) is 5.94. The largest absolute Gasteiger partial charge is 0.444 e. The van der Waals surface area contributed by atoms with Crippen molar-refractivity contribution in [2.75, 3.05) is 11.9 Å². The first-order valence-corrected chi connectivity index (χ1v) is 7.59. The number of carbonyl (C=O) groups excluding carboxylic acids is 1. The minimum Gasteiger partial charge on any atom is -0.444 e. The summed E-state index contributed by atoms with van der Waals surface area (Å²) in [6.07, 6.45) is 2.56. The average molecular weight is 343 g/mol. The Morgan fingerprint density at radius 3 is 2.65 bits per heavy atom. The van der Waals surface area contributed by atoms with Crippen LogP contribution in [-0.2, 0) is 11.2 Å². The topological polar surface area (TPSA) is 64.3 Å². The zero-order valence-electron chi connectivity index (χ0n) is 12.3. The fraction of sp³-hybridized carbons (Fsp3) is 0.533. The molecule has 0 aromatic heterocycles. The maximum Gasteiger partial charge on any atom is 0.412 e. The predicted molar refractivity (Wildman–Crippen MR) is 86.0 cm³/mol. The lowest BCUT2D eigenvalue weighted by Crippen LogP contribution is -2.27. The number of hydrogen-bond donors (Lipinski definition) is 2. The molecular weight excluding hydrogens is 320 g/mol. The van der Waals surface area contributed by atoms with E-state index in [-0.39, 0.29) is 0 Å². The van der Waals surface area contributed by atoms with Crippen LogP contribution < -0.4 is 11.1 Å². The maximum absolute atomic E-state index is 11.8. The molecule has 0 aliphatic carbocycles. The van der Waals surface area contributed by atoms with E-state index in [1.807, 2.05) is 39.0 Å². The van der Waals surface area contributed by atoms with Crippen molar-refractivity contribution in [2.45, 2.75) is 45.6 Å². The van der Waals surface area contributed by atoms with Crippen LogP contribution >= 0.6 is 15.9 Å². The minimum atomic E-state index is -0.505. The number of anilines is 1. The van der Waals surface area contributed by atoms with E-state index in [1.54, 1.807) is 0 Å². The molecule has 0 unspecified atom stereocenters. The van der Waals surface area contributed by atoms with Gasteiger partial charge in [-0.2, -0.15) is 0 Å². The Kier molecular flexibility index (Phi) is 6.49. The van der Waals surface area contributed by atoms with E-state index >= 15 is 0 Å². The molecule has 0 atom stereocenters. The van der Waals surface area contributed by atoms with E-state index < -0.39 is 11.7 Å². The van der Waals surface area contributed by atoms with Gasteiger partial charge >= 0.3 is 6.09 Å². The number of aryl methyl sites for hydroxylation is 1. The van der Waals surface area contributed by atoms with Gasteiger partial charge in [0.25, 0.3) is 0 Å². The van der Waals surface area contributed by atoms with E-state index in [1.165, 1.54) is 5.56 Å². The second-order valence-electron chi connectivity index (χ2n) is 5.69.